The van der Waals surface area contributed by atoms with Gasteiger partial charge >= 0.3 is 6.18 Å². The van der Waals surface area contributed by atoms with Gasteiger partial charge in [-0.15, -0.1) is 0 Å². The average Bonchev–Trinajstić information content (AvgIpc) is 3.31. The van der Waals surface area contributed by atoms with Crippen molar-refractivity contribution in [1.82, 2.24) is 29.8 Å². The molecule has 0 aliphatic carbocycles. The highest BCUT2D eigenvalue weighted by Gasteiger charge is 2.34. The second-order valence-corrected chi connectivity index (χ2v) is 8.47. The van der Waals surface area contributed by atoms with E-state index >= 15 is 0 Å². The molecule has 0 bridgehead atoms. The Morgan fingerprint density at radius 2 is 1.89 bits per heavy atom. The normalized spacial score (nSPS) is 14.2. The summed E-state index contributed by atoms with van der Waals surface area (Å²) in [5.41, 5.74) is 1.20. The molecule has 2 N–H and O–H groups in total. The van der Waals surface area contributed by atoms with Crippen LogP contribution in [0.15, 0.2) is 61.1 Å². The number of fused-ring (bicyclic) bond motifs is 1. The Morgan fingerprint density at radius 1 is 1.05 bits per heavy atom. The van der Waals surface area contributed by atoms with Crippen molar-refractivity contribution in [2.24, 2.45) is 0 Å². The van der Waals surface area contributed by atoms with E-state index in [1.165, 1.54) is 24.4 Å². The van der Waals surface area contributed by atoms with Crippen molar-refractivity contribution < 1.29 is 18.0 Å². The van der Waals surface area contributed by atoms with Gasteiger partial charge in [0, 0.05) is 56.4 Å². The van der Waals surface area contributed by atoms with Gasteiger partial charge in [-0.05, 0) is 47.9 Å². The summed E-state index contributed by atoms with van der Waals surface area (Å²) < 4.78 is 43.0. The smallest absolute Gasteiger partial charge is 0.321 e. The largest absolute Gasteiger partial charge is 0.416 e. The minimum Gasteiger partial charge on any atom is -0.321 e. The van der Waals surface area contributed by atoms with Gasteiger partial charge in [-0.2, -0.15) is 18.3 Å². The number of hydrogen-bond acceptors (Lipinski definition) is 6. The fourth-order valence-electron chi connectivity index (χ4n) is 4.04. The number of amides is 1. The minimum absolute atomic E-state index is 0.0292. The summed E-state index contributed by atoms with van der Waals surface area (Å²) in [5, 5.41) is 9.91. The molecule has 1 amide bonds. The lowest BCUT2D eigenvalue weighted by atomic mass is 10.0. The third-order valence-corrected chi connectivity index (χ3v) is 5.88. The summed E-state index contributed by atoms with van der Waals surface area (Å²) in [6, 6.07) is 10.5. The van der Waals surface area contributed by atoms with E-state index in [1.54, 1.807) is 35.1 Å². The number of halogens is 3. The maximum absolute atomic E-state index is 13.8. The number of carbonyl (C=O) groups is 1. The van der Waals surface area contributed by atoms with Crippen molar-refractivity contribution in [2.45, 2.75) is 12.7 Å². The van der Waals surface area contributed by atoms with E-state index in [9.17, 15) is 18.0 Å². The number of benzene rings is 1. The molecule has 0 radical (unpaired) electrons. The molecule has 1 saturated heterocycles. The molecule has 0 spiro atoms. The fourth-order valence-corrected chi connectivity index (χ4v) is 4.04. The Bertz CT molecular complexity index is 1500. The van der Waals surface area contributed by atoms with E-state index in [0.717, 1.165) is 19.2 Å². The first-order valence-electron chi connectivity index (χ1n) is 11.6. The molecule has 1 aliphatic rings. The highest BCUT2D eigenvalue weighted by Crippen LogP contribution is 2.34. The maximum atomic E-state index is 13.8. The zero-order valence-corrected chi connectivity index (χ0v) is 19.6. The Balaban J connectivity index is 1.33. The topological polar surface area (TPSA) is 87.5 Å². The van der Waals surface area contributed by atoms with Crippen LogP contribution in [0.4, 0.5) is 18.9 Å². The van der Waals surface area contributed by atoms with Gasteiger partial charge in [-0.25, -0.2) is 9.50 Å². The summed E-state index contributed by atoms with van der Waals surface area (Å²) in [7, 11) is 0. The number of alkyl halides is 3. The van der Waals surface area contributed by atoms with Crippen molar-refractivity contribution >= 4 is 17.2 Å². The van der Waals surface area contributed by atoms with Crippen LogP contribution in [0.5, 0.6) is 0 Å². The van der Waals surface area contributed by atoms with Gasteiger partial charge in [0.2, 0.25) is 0 Å². The molecule has 4 aromatic rings. The van der Waals surface area contributed by atoms with Crippen LogP contribution in [0.3, 0.4) is 0 Å². The number of hydrogen-bond donors (Lipinski definition) is 2. The minimum atomic E-state index is -4.55. The molecule has 1 fully saturated rings. The molecule has 0 unspecified atom stereocenters. The second kappa shape index (κ2) is 10.4. The predicted octanol–water partition coefficient (Wildman–Crippen LogP) is 3.20. The predicted molar refractivity (Wildman–Crippen MR) is 131 cm³/mol. The lowest BCUT2D eigenvalue weighted by Gasteiger charge is -2.28. The molecule has 8 nitrogen and oxygen atoms in total. The monoisotopic (exact) mass is 505 g/mol. The maximum Gasteiger partial charge on any atom is 0.416 e. The highest BCUT2D eigenvalue weighted by atomic mass is 19.4. The molecule has 0 atom stereocenters. The SMILES string of the molecule is O=C(Nc1ccc(CN2CCNCC2)c(C(F)(F)F)c1)c1cc(C#Cc2cnc3cccnn23)ccn1. The summed E-state index contributed by atoms with van der Waals surface area (Å²) >= 11 is 0. The summed E-state index contributed by atoms with van der Waals surface area (Å²) in [6.07, 6.45) is 0.0821. The highest BCUT2D eigenvalue weighted by molar-refractivity contribution is 6.03. The molecule has 1 aliphatic heterocycles. The van der Waals surface area contributed by atoms with Crippen LogP contribution in [-0.4, -0.2) is 56.6 Å². The number of nitrogens with zero attached hydrogens (tertiary/aromatic N) is 5. The van der Waals surface area contributed by atoms with Gasteiger partial charge in [0.1, 0.15) is 11.4 Å². The number of aromatic nitrogens is 4. The number of pyridine rings is 1. The Hall–Kier alpha value is -4.27. The Kier molecular flexibility index (Phi) is 6.85. The van der Waals surface area contributed by atoms with Crippen molar-refractivity contribution in [2.75, 3.05) is 31.5 Å². The number of rotatable bonds is 4. The van der Waals surface area contributed by atoms with Crippen LogP contribution >= 0.6 is 0 Å². The van der Waals surface area contributed by atoms with Crippen molar-refractivity contribution in [1.29, 1.82) is 0 Å². The van der Waals surface area contributed by atoms with E-state index in [2.05, 4.69) is 37.5 Å². The van der Waals surface area contributed by atoms with Crippen LogP contribution in [0.25, 0.3) is 5.65 Å². The lowest BCUT2D eigenvalue weighted by Crippen LogP contribution is -2.43. The quantitative estimate of drug-likeness (QED) is 0.415. The third kappa shape index (κ3) is 5.77. The molecule has 1 aromatic carbocycles. The Morgan fingerprint density at radius 3 is 2.70 bits per heavy atom. The number of nitrogens with one attached hydrogen (secondary N) is 2. The molecule has 5 rings (SSSR count). The van der Waals surface area contributed by atoms with Gasteiger partial charge in [-0.3, -0.25) is 14.7 Å². The zero-order valence-electron chi connectivity index (χ0n) is 19.6. The van der Waals surface area contributed by atoms with E-state index in [4.69, 9.17) is 0 Å². The number of carbonyl (C=O) groups excluding carboxylic acids is 1. The van der Waals surface area contributed by atoms with Crippen LogP contribution in [0, 0.1) is 11.8 Å². The first-order valence-corrected chi connectivity index (χ1v) is 11.6. The first kappa shape index (κ1) is 24.4. The second-order valence-electron chi connectivity index (χ2n) is 8.47. The Labute approximate surface area is 210 Å². The molecule has 37 heavy (non-hydrogen) atoms. The average molecular weight is 506 g/mol. The van der Waals surface area contributed by atoms with Crippen LogP contribution in [0.2, 0.25) is 0 Å². The summed E-state index contributed by atoms with van der Waals surface area (Å²) in [5.74, 6) is 5.27. The van der Waals surface area contributed by atoms with Crippen molar-refractivity contribution in [3.63, 3.8) is 0 Å². The number of piperazine rings is 1. The standard InChI is InChI=1S/C26H22F3N7O/c27-26(28,29)22-15-20(5-4-19(22)17-35-12-10-30-11-13-35)34-25(37)23-14-18(7-9-31-23)3-6-21-16-32-24-2-1-8-33-36(21)24/h1-2,4-5,7-9,14-16,30H,10-13,17H2,(H,34,37). The summed E-state index contributed by atoms with van der Waals surface area (Å²) in [4.78, 5) is 23.0. The molecular weight excluding hydrogens is 483 g/mol. The number of imidazole rings is 1. The fraction of sp³-hybridized carbons (Fsp3) is 0.231. The molecule has 188 valence electrons. The van der Waals surface area contributed by atoms with E-state index in [0.29, 0.717) is 30.0 Å². The van der Waals surface area contributed by atoms with Crippen LogP contribution in [-0.2, 0) is 12.7 Å². The van der Waals surface area contributed by atoms with Gasteiger partial charge in [0.25, 0.3) is 5.91 Å². The van der Waals surface area contributed by atoms with Crippen molar-refractivity contribution in [3.05, 3.63) is 89.1 Å². The molecule has 11 heteroatoms. The lowest BCUT2D eigenvalue weighted by molar-refractivity contribution is -0.138. The van der Waals surface area contributed by atoms with Gasteiger partial charge in [-0.1, -0.05) is 12.0 Å². The van der Waals surface area contributed by atoms with Crippen LogP contribution < -0.4 is 10.6 Å². The number of anilines is 1. The molecular formula is C26H22F3N7O. The van der Waals surface area contributed by atoms with E-state index in [1.807, 2.05) is 4.90 Å². The van der Waals surface area contributed by atoms with E-state index in [-0.39, 0.29) is 23.5 Å². The van der Waals surface area contributed by atoms with Gasteiger partial charge in [0.15, 0.2) is 5.65 Å². The third-order valence-electron chi connectivity index (χ3n) is 5.88. The molecule has 3 aromatic heterocycles. The van der Waals surface area contributed by atoms with Crippen LogP contribution in [0.1, 0.15) is 32.9 Å². The molecule has 0 saturated carbocycles. The zero-order chi connectivity index (χ0) is 25.8. The van der Waals surface area contributed by atoms with Gasteiger partial charge in [0.05, 0.1) is 11.8 Å². The van der Waals surface area contributed by atoms with Crippen molar-refractivity contribution in [3.8, 4) is 11.8 Å². The van der Waals surface area contributed by atoms with Gasteiger partial charge < -0.3 is 10.6 Å². The summed E-state index contributed by atoms with van der Waals surface area (Å²) in [6.45, 7) is 3.02. The first-order chi connectivity index (χ1) is 17.9. The van der Waals surface area contributed by atoms with E-state index < -0.39 is 17.6 Å². The molecule has 4 heterocycles.